The summed E-state index contributed by atoms with van der Waals surface area (Å²) in [4.78, 5) is 0. The molecule has 0 aromatic heterocycles. The lowest BCUT2D eigenvalue weighted by Crippen LogP contribution is -2.66. The van der Waals surface area contributed by atoms with Gasteiger partial charge in [-0.1, -0.05) is 107 Å². The first-order chi connectivity index (χ1) is 13.8. The van der Waals surface area contributed by atoms with Crippen LogP contribution in [0.2, 0.25) is 5.04 Å². The summed E-state index contributed by atoms with van der Waals surface area (Å²) >= 11 is 0. The predicted octanol–water partition coefficient (Wildman–Crippen LogP) is 5.47. The Morgan fingerprint density at radius 1 is 0.966 bits per heavy atom. The molecule has 0 spiro atoms. The lowest BCUT2D eigenvalue weighted by Gasteiger charge is -2.43. The molecule has 3 rings (SSSR count). The first-order valence-electron chi connectivity index (χ1n) is 10.9. The van der Waals surface area contributed by atoms with Crippen LogP contribution in [-0.4, -0.2) is 26.6 Å². The molecule has 1 aliphatic rings. The van der Waals surface area contributed by atoms with Gasteiger partial charge in [-0.3, -0.25) is 0 Å². The smallest absolute Gasteiger partial charge is 0.261 e. The molecule has 0 saturated carbocycles. The summed E-state index contributed by atoms with van der Waals surface area (Å²) in [5.41, 5.74) is -0.114. The Bertz CT molecular complexity index is 755. The van der Waals surface area contributed by atoms with Crippen LogP contribution in [0.4, 0.5) is 0 Å². The fourth-order valence-electron chi connectivity index (χ4n) is 4.62. The average molecular weight is 409 g/mol. The number of rotatable bonds is 8. The summed E-state index contributed by atoms with van der Waals surface area (Å²) in [7, 11) is -2.45. The van der Waals surface area contributed by atoms with Crippen molar-refractivity contribution in [2.24, 2.45) is 0 Å². The van der Waals surface area contributed by atoms with Gasteiger partial charge < -0.3 is 9.16 Å². The van der Waals surface area contributed by atoms with E-state index in [2.05, 4.69) is 107 Å². The van der Waals surface area contributed by atoms with Gasteiger partial charge in [-0.25, -0.2) is 0 Å². The zero-order valence-corrected chi connectivity index (χ0v) is 19.7. The number of benzene rings is 2. The van der Waals surface area contributed by atoms with Crippen LogP contribution in [-0.2, 0) is 9.16 Å². The van der Waals surface area contributed by atoms with Crippen LogP contribution in [0.25, 0.3) is 0 Å². The molecule has 1 aliphatic heterocycles. The molecule has 29 heavy (non-hydrogen) atoms. The van der Waals surface area contributed by atoms with E-state index >= 15 is 0 Å². The molecule has 156 valence electrons. The van der Waals surface area contributed by atoms with Crippen molar-refractivity contribution in [2.75, 3.05) is 6.61 Å². The van der Waals surface area contributed by atoms with Gasteiger partial charge in [0.05, 0.1) is 11.7 Å². The quantitative estimate of drug-likeness (QED) is 0.426. The summed E-state index contributed by atoms with van der Waals surface area (Å²) in [6, 6.07) is 21.7. The highest BCUT2D eigenvalue weighted by atomic mass is 28.4. The lowest BCUT2D eigenvalue weighted by atomic mass is 10.0. The third-order valence-electron chi connectivity index (χ3n) is 5.97. The largest absolute Gasteiger partial charge is 0.407 e. The fraction of sp³-hybridized carbons (Fsp3) is 0.462. The Morgan fingerprint density at radius 2 is 1.52 bits per heavy atom. The van der Waals surface area contributed by atoms with E-state index in [0.29, 0.717) is 6.61 Å². The SMILES string of the molecule is CCC[C@]1(C)C=C[C@H](CCO[Si](c2ccccc2)(c2ccccc2)C(C)(C)C)O1. The molecule has 2 aromatic rings. The van der Waals surface area contributed by atoms with Crippen LogP contribution in [0.15, 0.2) is 72.8 Å². The molecular weight excluding hydrogens is 372 g/mol. The third-order valence-corrected chi connectivity index (χ3v) is 11.0. The molecule has 0 aliphatic carbocycles. The summed E-state index contributed by atoms with van der Waals surface area (Å²) < 4.78 is 13.3. The maximum Gasteiger partial charge on any atom is 0.261 e. The highest BCUT2D eigenvalue weighted by Gasteiger charge is 2.50. The first-order valence-corrected chi connectivity index (χ1v) is 12.8. The van der Waals surface area contributed by atoms with Crippen molar-refractivity contribution in [3.05, 3.63) is 72.8 Å². The predicted molar refractivity (Wildman–Crippen MR) is 126 cm³/mol. The van der Waals surface area contributed by atoms with Crippen LogP contribution in [0.1, 0.15) is 53.9 Å². The highest BCUT2D eigenvalue weighted by molar-refractivity contribution is 6.99. The molecule has 3 heteroatoms. The Morgan fingerprint density at radius 3 is 2.00 bits per heavy atom. The first kappa shape index (κ1) is 22.0. The van der Waals surface area contributed by atoms with Crippen molar-refractivity contribution in [3.8, 4) is 0 Å². The Balaban J connectivity index is 1.84. The standard InChI is InChI=1S/C26H36O2Si/c1-6-19-26(5)20-17-22(28-26)18-21-27-29(25(2,3)4,23-13-9-7-10-14-23)24-15-11-8-12-16-24/h7-17,20,22H,6,18-19,21H2,1-5H3/t22-,26-/m1/s1. The molecule has 0 fully saturated rings. The molecule has 0 unspecified atom stereocenters. The molecule has 2 nitrogen and oxygen atoms in total. The topological polar surface area (TPSA) is 18.5 Å². The van der Waals surface area contributed by atoms with Crippen LogP contribution >= 0.6 is 0 Å². The zero-order chi connectivity index (χ0) is 21.0. The Hall–Kier alpha value is -1.68. The summed E-state index contributed by atoms with van der Waals surface area (Å²) in [5.74, 6) is 0. The summed E-state index contributed by atoms with van der Waals surface area (Å²) in [6.45, 7) is 12.1. The molecule has 0 bridgehead atoms. The van der Waals surface area contributed by atoms with E-state index in [9.17, 15) is 0 Å². The molecule has 2 aromatic carbocycles. The Kier molecular flexibility index (Phi) is 6.82. The van der Waals surface area contributed by atoms with Crippen molar-refractivity contribution in [1.82, 2.24) is 0 Å². The molecule has 0 saturated heterocycles. The second-order valence-corrected chi connectivity index (χ2v) is 13.7. The van der Waals surface area contributed by atoms with Crippen molar-refractivity contribution in [3.63, 3.8) is 0 Å². The van der Waals surface area contributed by atoms with E-state index in [1.807, 2.05) is 0 Å². The van der Waals surface area contributed by atoms with E-state index in [0.717, 1.165) is 19.3 Å². The zero-order valence-electron chi connectivity index (χ0n) is 18.7. The highest BCUT2D eigenvalue weighted by Crippen LogP contribution is 2.37. The monoisotopic (exact) mass is 408 g/mol. The minimum Gasteiger partial charge on any atom is -0.407 e. The van der Waals surface area contributed by atoms with E-state index in [1.165, 1.54) is 10.4 Å². The van der Waals surface area contributed by atoms with E-state index < -0.39 is 8.32 Å². The number of ether oxygens (including phenoxy) is 1. The minimum atomic E-state index is -2.45. The molecule has 0 amide bonds. The van der Waals surface area contributed by atoms with Gasteiger partial charge in [-0.05, 0) is 35.2 Å². The van der Waals surface area contributed by atoms with Gasteiger partial charge in [0, 0.05) is 6.61 Å². The van der Waals surface area contributed by atoms with Gasteiger partial charge in [0.15, 0.2) is 0 Å². The van der Waals surface area contributed by atoms with Crippen molar-refractivity contribution < 1.29 is 9.16 Å². The second-order valence-electron chi connectivity index (χ2n) is 9.38. The van der Waals surface area contributed by atoms with Crippen LogP contribution in [0.5, 0.6) is 0 Å². The van der Waals surface area contributed by atoms with Gasteiger partial charge in [0.25, 0.3) is 8.32 Å². The second kappa shape index (κ2) is 8.99. The summed E-state index contributed by atoms with van der Waals surface area (Å²) in [6.07, 6.45) is 7.70. The van der Waals surface area contributed by atoms with Crippen LogP contribution < -0.4 is 10.4 Å². The minimum absolute atomic E-state index is 0.0127. The molecular formula is C26H36O2Si. The lowest BCUT2D eigenvalue weighted by molar-refractivity contribution is -0.0241. The molecule has 2 atom stereocenters. The van der Waals surface area contributed by atoms with E-state index in [1.54, 1.807) is 0 Å². The van der Waals surface area contributed by atoms with Gasteiger partial charge in [-0.2, -0.15) is 0 Å². The van der Waals surface area contributed by atoms with Crippen LogP contribution in [0.3, 0.4) is 0 Å². The van der Waals surface area contributed by atoms with E-state index in [4.69, 9.17) is 9.16 Å². The fourth-order valence-corrected chi connectivity index (χ4v) is 9.20. The number of hydrogen-bond acceptors (Lipinski definition) is 2. The maximum absolute atomic E-state index is 6.98. The van der Waals surface area contributed by atoms with Crippen molar-refractivity contribution in [2.45, 2.75) is 70.6 Å². The van der Waals surface area contributed by atoms with E-state index in [-0.39, 0.29) is 16.7 Å². The van der Waals surface area contributed by atoms with Gasteiger partial charge in [-0.15, -0.1) is 0 Å². The summed E-state index contributed by atoms with van der Waals surface area (Å²) in [5, 5.41) is 2.67. The number of hydrogen-bond donors (Lipinski definition) is 0. The van der Waals surface area contributed by atoms with Crippen molar-refractivity contribution in [1.29, 1.82) is 0 Å². The Labute approximate surface area is 178 Å². The normalized spacial score (nSPS) is 22.2. The third kappa shape index (κ3) is 4.74. The maximum atomic E-state index is 6.98. The van der Waals surface area contributed by atoms with Crippen molar-refractivity contribution >= 4 is 18.7 Å². The molecule has 0 radical (unpaired) electrons. The van der Waals surface area contributed by atoms with Gasteiger partial charge in [0.2, 0.25) is 0 Å². The average Bonchev–Trinajstić information content (AvgIpc) is 3.07. The molecule has 0 N–H and O–H groups in total. The van der Waals surface area contributed by atoms with Crippen LogP contribution in [0, 0.1) is 0 Å². The molecule has 1 heterocycles. The van der Waals surface area contributed by atoms with Gasteiger partial charge >= 0.3 is 0 Å². The van der Waals surface area contributed by atoms with Gasteiger partial charge in [0.1, 0.15) is 0 Å².